The molecule has 0 aliphatic carbocycles. The third-order valence-electron chi connectivity index (χ3n) is 2.48. The molecule has 0 saturated heterocycles. The Kier molecular flexibility index (Phi) is 3.05. The Bertz CT molecular complexity index is 454. The highest BCUT2D eigenvalue weighted by Gasteiger charge is 2.04. The maximum atomic E-state index is 5.72. The fourth-order valence-corrected chi connectivity index (χ4v) is 1.61. The summed E-state index contributed by atoms with van der Waals surface area (Å²) in [5.74, 6) is 0. The molecule has 0 aliphatic rings. The summed E-state index contributed by atoms with van der Waals surface area (Å²) in [6.45, 7) is 2.11. The van der Waals surface area contributed by atoms with Crippen molar-refractivity contribution in [3.63, 3.8) is 0 Å². The molecule has 1 aromatic carbocycles. The first-order chi connectivity index (χ1) is 7.75. The molecular formula is C13H15N3. The van der Waals surface area contributed by atoms with Crippen LogP contribution in [0.15, 0.2) is 48.8 Å². The van der Waals surface area contributed by atoms with E-state index < -0.39 is 0 Å². The number of anilines is 2. The summed E-state index contributed by atoms with van der Waals surface area (Å²) in [4.78, 5) is 4.00. The van der Waals surface area contributed by atoms with Crippen LogP contribution in [-0.2, 0) is 0 Å². The number of nitrogens with zero attached hydrogens (tertiary/aromatic N) is 1. The van der Waals surface area contributed by atoms with Gasteiger partial charge in [0.15, 0.2) is 0 Å². The lowest BCUT2D eigenvalue weighted by atomic mass is 10.1. The summed E-state index contributed by atoms with van der Waals surface area (Å²) in [6.07, 6.45) is 3.60. The largest absolute Gasteiger partial charge is 0.399 e. The molecule has 1 heterocycles. The van der Waals surface area contributed by atoms with Crippen LogP contribution in [0.2, 0.25) is 0 Å². The van der Waals surface area contributed by atoms with Gasteiger partial charge in [-0.25, -0.2) is 0 Å². The first-order valence-corrected chi connectivity index (χ1v) is 5.28. The maximum Gasteiger partial charge on any atom is 0.0486 e. The van der Waals surface area contributed by atoms with E-state index in [1.54, 1.807) is 12.4 Å². The molecule has 3 nitrogen and oxygen atoms in total. The molecule has 0 bridgehead atoms. The van der Waals surface area contributed by atoms with E-state index in [0.29, 0.717) is 0 Å². The zero-order chi connectivity index (χ0) is 11.4. The third-order valence-corrected chi connectivity index (χ3v) is 2.48. The SMILES string of the molecule is CC(Nc1cccc(N)c1)c1ccncc1. The van der Waals surface area contributed by atoms with Crippen LogP contribution in [-0.4, -0.2) is 4.98 Å². The topological polar surface area (TPSA) is 50.9 Å². The van der Waals surface area contributed by atoms with Crippen molar-refractivity contribution >= 4 is 11.4 Å². The van der Waals surface area contributed by atoms with Gasteiger partial charge in [0.25, 0.3) is 0 Å². The number of nitrogens with one attached hydrogen (secondary N) is 1. The lowest BCUT2D eigenvalue weighted by molar-refractivity contribution is 0.881. The third kappa shape index (κ3) is 2.51. The maximum absolute atomic E-state index is 5.72. The number of hydrogen-bond acceptors (Lipinski definition) is 3. The molecule has 82 valence electrons. The first-order valence-electron chi connectivity index (χ1n) is 5.28. The predicted molar refractivity (Wildman–Crippen MR) is 67.1 cm³/mol. The molecule has 3 N–H and O–H groups in total. The van der Waals surface area contributed by atoms with E-state index in [9.17, 15) is 0 Å². The monoisotopic (exact) mass is 213 g/mol. The van der Waals surface area contributed by atoms with Gasteiger partial charge in [-0.1, -0.05) is 6.07 Å². The average molecular weight is 213 g/mol. The predicted octanol–water partition coefficient (Wildman–Crippen LogP) is 2.84. The van der Waals surface area contributed by atoms with Gasteiger partial charge >= 0.3 is 0 Å². The number of pyridine rings is 1. The second-order valence-corrected chi connectivity index (χ2v) is 3.77. The molecule has 16 heavy (non-hydrogen) atoms. The Hall–Kier alpha value is -2.03. The number of nitrogen functional groups attached to an aromatic ring is 1. The quantitative estimate of drug-likeness (QED) is 0.771. The fourth-order valence-electron chi connectivity index (χ4n) is 1.61. The molecule has 0 amide bonds. The van der Waals surface area contributed by atoms with E-state index in [2.05, 4.69) is 17.2 Å². The lowest BCUT2D eigenvalue weighted by Gasteiger charge is -2.15. The molecule has 1 unspecified atom stereocenters. The van der Waals surface area contributed by atoms with Crippen LogP contribution in [0, 0.1) is 0 Å². The molecule has 0 fully saturated rings. The second-order valence-electron chi connectivity index (χ2n) is 3.77. The molecule has 2 aromatic rings. The van der Waals surface area contributed by atoms with Gasteiger partial charge in [0.1, 0.15) is 0 Å². The first kappa shape index (κ1) is 10.5. The molecule has 2 rings (SSSR count). The minimum atomic E-state index is 0.241. The highest BCUT2D eigenvalue weighted by Crippen LogP contribution is 2.19. The van der Waals surface area contributed by atoms with Crippen molar-refractivity contribution in [1.29, 1.82) is 0 Å². The molecule has 0 radical (unpaired) electrons. The number of nitrogens with two attached hydrogens (primary N) is 1. The van der Waals surface area contributed by atoms with Crippen LogP contribution in [0.3, 0.4) is 0 Å². The van der Waals surface area contributed by atoms with Crippen LogP contribution >= 0.6 is 0 Å². The molecular weight excluding hydrogens is 198 g/mol. The van der Waals surface area contributed by atoms with Crippen molar-refractivity contribution in [3.8, 4) is 0 Å². The summed E-state index contributed by atoms with van der Waals surface area (Å²) in [7, 11) is 0. The van der Waals surface area contributed by atoms with Gasteiger partial charge in [0.05, 0.1) is 0 Å². The van der Waals surface area contributed by atoms with Crippen LogP contribution < -0.4 is 11.1 Å². The minimum Gasteiger partial charge on any atom is -0.399 e. The van der Waals surface area contributed by atoms with E-state index in [0.717, 1.165) is 11.4 Å². The van der Waals surface area contributed by atoms with E-state index in [4.69, 9.17) is 5.73 Å². The van der Waals surface area contributed by atoms with Crippen molar-refractivity contribution in [1.82, 2.24) is 4.98 Å². The zero-order valence-electron chi connectivity index (χ0n) is 9.22. The normalized spacial score (nSPS) is 12.1. The van der Waals surface area contributed by atoms with Gasteiger partial charge in [-0.3, -0.25) is 4.98 Å². The van der Waals surface area contributed by atoms with Crippen LogP contribution in [0.25, 0.3) is 0 Å². The molecule has 0 aliphatic heterocycles. The van der Waals surface area contributed by atoms with Crippen molar-refractivity contribution in [2.75, 3.05) is 11.1 Å². The Morgan fingerprint density at radius 3 is 2.62 bits per heavy atom. The average Bonchev–Trinajstić information content (AvgIpc) is 2.30. The van der Waals surface area contributed by atoms with Crippen LogP contribution in [0.1, 0.15) is 18.5 Å². The number of benzene rings is 1. The molecule has 1 aromatic heterocycles. The van der Waals surface area contributed by atoms with Gasteiger partial charge in [-0.15, -0.1) is 0 Å². The van der Waals surface area contributed by atoms with Crippen LogP contribution in [0.5, 0.6) is 0 Å². The summed E-state index contributed by atoms with van der Waals surface area (Å²) >= 11 is 0. The lowest BCUT2D eigenvalue weighted by Crippen LogP contribution is -2.06. The standard InChI is InChI=1S/C13H15N3/c1-10(11-5-7-15-8-6-11)16-13-4-2-3-12(14)9-13/h2-10,16H,14H2,1H3. The van der Waals surface area contributed by atoms with Gasteiger partial charge in [-0.2, -0.15) is 0 Å². The fraction of sp³-hybridized carbons (Fsp3) is 0.154. The van der Waals surface area contributed by atoms with Crippen molar-refractivity contribution < 1.29 is 0 Å². The molecule has 1 atom stereocenters. The van der Waals surface area contributed by atoms with Gasteiger partial charge in [-0.05, 0) is 42.8 Å². The summed E-state index contributed by atoms with van der Waals surface area (Å²) in [5, 5.41) is 3.39. The van der Waals surface area contributed by atoms with Gasteiger partial charge in [0, 0.05) is 29.8 Å². The second kappa shape index (κ2) is 4.66. The highest BCUT2D eigenvalue weighted by atomic mass is 14.9. The van der Waals surface area contributed by atoms with Crippen molar-refractivity contribution in [2.45, 2.75) is 13.0 Å². The Labute approximate surface area is 95.3 Å². The zero-order valence-corrected chi connectivity index (χ0v) is 9.22. The smallest absolute Gasteiger partial charge is 0.0486 e. The molecule has 0 saturated carbocycles. The van der Waals surface area contributed by atoms with Crippen molar-refractivity contribution in [2.24, 2.45) is 0 Å². The van der Waals surface area contributed by atoms with Gasteiger partial charge < -0.3 is 11.1 Å². The number of hydrogen-bond donors (Lipinski definition) is 2. The van der Waals surface area contributed by atoms with E-state index in [-0.39, 0.29) is 6.04 Å². The summed E-state index contributed by atoms with van der Waals surface area (Å²) < 4.78 is 0. The van der Waals surface area contributed by atoms with E-state index in [1.165, 1.54) is 5.56 Å². The Morgan fingerprint density at radius 1 is 1.19 bits per heavy atom. The van der Waals surface area contributed by atoms with E-state index >= 15 is 0 Å². The van der Waals surface area contributed by atoms with E-state index in [1.807, 2.05) is 36.4 Å². The number of aromatic nitrogens is 1. The number of rotatable bonds is 3. The highest BCUT2D eigenvalue weighted by molar-refractivity contribution is 5.54. The molecule has 3 heteroatoms. The van der Waals surface area contributed by atoms with Crippen molar-refractivity contribution in [3.05, 3.63) is 54.4 Å². The Morgan fingerprint density at radius 2 is 1.94 bits per heavy atom. The van der Waals surface area contributed by atoms with Gasteiger partial charge in [0.2, 0.25) is 0 Å². The summed E-state index contributed by atoms with van der Waals surface area (Å²) in [6, 6.07) is 12.0. The summed E-state index contributed by atoms with van der Waals surface area (Å²) in [5.41, 5.74) is 8.73. The minimum absolute atomic E-state index is 0.241. The Balaban J connectivity index is 2.11. The van der Waals surface area contributed by atoms with Crippen LogP contribution in [0.4, 0.5) is 11.4 Å². The molecule has 0 spiro atoms.